The largest absolute Gasteiger partial charge is 0.469 e. The highest BCUT2D eigenvalue weighted by atomic mass is 16.5. The van der Waals surface area contributed by atoms with Gasteiger partial charge in [0.15, 0.2) is 0 Å². The van der Waals surface area contributed by atoms with Gasteiger partial charge in [-0.15, -0.1) is 0 Å². The smallest absolute Gasteiger partial charge is 0.302 e. The first kappa shape index (κ1) is 19.9. The summed E-state index contributed by atoms with van der Waals surface area (Å²) in [4.78, 5) is 9.59. The molecule has 0 aromatic rings. The summed E-state index contributed by atoms with van der Waals surface area (Å²) in [7, 11) is 1.35. The summed E-state index contributed by atoms with van der Waals surface area (Å²) in [6.07, 6.45) is -0.560. The van der Waals surface area contributed by atoms with Crippen LogP contribution in [0.25, 0.3) is 0 Å². The van der Waals surface area contributed by atoms with Crippen molar-refractivity contribution in [2.24, 2.45) is 0 Å². The number of aliphatic hydroxyl groups is 2. The molecular weight excluding hydrogens is 200 g/mol. The minimum atomic E-state index is -0.560. The Balaban J connectivity index is -0.000000144. The van der Waals surface area contributed by atoms with Crippen LogP contribution in [0.3, 0.4) is 0 Å². The number of rotatable bonds is 3. The number of ether oxygens (including phenoxy) is 2. The summed E-state index contributed by atoms with van der Waals surface area (Å²) < 4.78 is 8.94. The molecule has 0 aliphatic carbocycles. The van der Waals surface area contributed by atoms with E-state index in [1.807, 2.05) is 13.8 Å². The van der Waals surface area contributed by atoms with Crippen LogP contribution in [0.4, 0.5) is 0 Å². The third-order valence-corrected chi connectivity index (χ3v) is 0.960. The van der Waals surface area contributed by atoms with Crippen molar-refractivity contribution in [3.8, 4) is 0 Å². The molecule has 5 heteroatoms. The van der Waals surface area contributed by atoms with Crippen molar-refractivity contribution in [2.75, 3.05) is 26.9 Å². The standard InChI is InChI=1S/C4H10O.C3H6O2.C3H8O2/c1-3-5-4-2;1-3(4)5-2;1-3(5)2-4/h3-4H2,1-2H3;1-2H3;3-5H,2H2,1H3. The number of hydrogen-bond acceptors (Lipinski definition) is 5. The number of methoxy groups -OCH3 is 1. The van der Waals surface area contributed by atoms with Crippen molar-refractivity contribution in [3.05, 3.63) is 0 Å². The van der Waals surface area contributed by atoms with Gasteiger partial charge in [0.25, 0.3) is 0 Å². The first-order chi connectivity index (χ1) is 6.95. The van der Waals surface area contributed by atoms with Crippen LogP contribution in [-0.2, 0) is 14.3 Å². The van der Waals surface area contributed by atoms with Crippen LogP contribution in [0, 0.1) is 0 Å². The van der Waals surface area contributed by atoms with Crippen LogP contribution in [0.1, 0.15) is 27.7 Å². The highest BCUT2D eigenvalue weighted by molar-refractivity contribution is 5.65. The Kier molecular flexibility index (Phi) is 25.2. The molecule has 0 radical (unpaired) electrons. The van der Waals surface area contributed by atoms with Gasteiger partial charge in [0.1, 0.15) is 0 Å². The Morgan fingerprint density at radius 2 is 1.60 bits per heavy atom. The van der Waals surface area contributed by atoms with Gasteiger partial charge in [-0.1, -0.05) is 0 Å². The molecule has 0 rings (SSSR count). The summed E-state index contributed by atoms with van der Waals surface area (Å²) in [6.45, 7) is 8.42. The van der Waals surface area contributed by atoms with Crippen molar-refractivity contribution in [1.82, 2.24) is 0 Å². The number of aliphatic hydroxyl groups excluding tert-OH is 2. The van der Waals surface area contributed by atoms with Gasteiger partial charge >= 0.3 is 5.97 Å². The molecule has 1 atom stereocenters. The van der Waals surface area contributed by atoms with Crippen molar-refractivity contribution < 1.29 is 24.5 Å². The van der Waals surface area contributed by atoms with Crippen molar-refractivity contribution in [2.45, 2.75) is 33.8 Å². The molecule has 15 heavy (non-hydrogen) atoms. The molecule has 0 saturated heterocycles. The molecule has 2 N–H and O–H groups in total. The fraction of sp³-hybridized carbons (Fsp3) is 0.900. The fourth-order valence-electron chi connectivity index (χ4n) is 0.204. The third-order valence-electron chi connectivity index (χ3n) is 0.960. The maximum atomic E-state index is 9.59. The van der Waals surface area contributed by atoms with E-state index in [9.17, 15) is 4.79 Å². The Morgan fingerprint density at radius 3 is 1.60 bits per heavy atom. The number of hydrogen-bond donors (Lipinski definition) is 2. The van der Waals surface area contributed by atoms with Crippen molar-refractivity contribution in [3.63, 3.8) is 0 Å². The Hall–Kier alpha value is -0.650. The van der Waals surface area contributed by atoms with Crippen LogP contribution < -0.4 is 0 Å². The van der Waals surface area contributed by atoms with Gasteiger partial charge in [0.2, 0.25) is 0 Å². The maximum Gasteiger partial charge on any atom is 0.302 e. The Labute approximate surface area is 92.0 Å². The summed E-state index contributed by atoms with van der Waals surface area (Å²) in [5.74, 6) is -0.245. The van der Waals surface area contributed by atoms with Crippen LogP contribution >= 0.6 is 0 Å². The van der Waals surface area contributed by atoms with E-state index in [4.69, 9.17) is 14.9 Å². The quantitative estimate of drug-likeness (QED) is 0.686. The monoisotopic (exact) mass is 224 g/mol. The van der Waals surface area contributed by atoms with Gasteiger partial charge in [-0.2, -0.15) is 0 Å². The van der Waals surface area contributed by atoms with Gasteiger partial charge in [0.05, 0.1) is 19.8 Å². The predicted octanol–water partition coefficient (Wildman–Crippen LogP) is 0.582. The SMILES string of the molecule is CC(O)CO.CCOCC.COC(C)=O. The van der Waals surface area contributed by atoms with E-state index in [0.717, 1.165) is 13.2 Å². The van der Waals surface area contributed by atoms with E-state index in [2.05, 4.69) is 4.74 Å². The van der Waals surface area contributed by atoms with E-state index in [1.54, 1.807) is 0 Å². The number of carbonyl (C=O) groups excluding carboxylic acids is 1. The lowest BCUT2D eigenvalue weighted by Gasteiger charge is -1.90. The van der Waals surface area contributed by atoms with Crippen LogP contribution in [0.5, 0.6) is 0 Å². The van der Waals surface area contributed by atoms with E-state index < -0.39 is 6.10 Å². The van der Waals surface area contributed by atoms with Crippen molar-refractivity contribution >= 4 is 5.97 Å². The lowest BCUT2D eigenvalue weighted by atomic mass is 10.5. The molecule has 0 aromatic carbocycles. The van der Waals surface area contributed by atoms with Crippen LogP contribution in [0.15, 0.2) is 0 Å². The molecule has 5 nitrogen and oxygen atoms in total. The normalized spacial score (nSPS) is 10.1. The minimum absolute atomic E-state index is 0.139. The molecule has 0 aliphatic rings. The molecule has 0 saturated carbocycles. The second-order valence-electron chi connectivity index (χ2n) is 2.51. The highest BCUT2D eigenvalue weighted by Crippen LogP contribution is 1.68. The average molecular weight is 224 g/mol. The van der Waals surface area contributed by atoms with Gasteiger partial charge < -0.3 is 19.7 Å². The molecule has 94 valence electrons. The van der Waals surface area contributed by atoms with E-state index in [0.29, 0.717) is 0 Å². The number of carbonyl (C=O) groups is 1. The van der Waals surface area contributed by atoms with Gasteiger partial charge in [-0.25, -0.2) is 0 Å². The highest BCUT2D eigenvalue weighted by Gasteiger charge is 1.83. The lowest BCUT2D eigenvalue weighted by molar-refractivity contribution is -0.137. The first-order valence-corrected chi connectivity index (χ1v) is 4.87. The maximum absolute atomic E-state index is 9.59. The van der Waals surface area contributed by atoms with E-state index in [-0.39, 0.29) is 12.6 Å². The van der Waals surface area contributed by atoms with Crippen LogP contribution in [-0.4, -0.2) is 49.2 Å². The molecule has 0 aromatic heterocycles. The molecule has 0 amide bonds. The molecule has 0 heterocycles. The zero-order valence-corrected chi connectivity index (χ0v) is 10.3. The predicted molar refractivity (Wildman–Crippen MR) is 58.6 cm³/mol. The van der Waals surface area contributed by atoms with Gasteiger partial charge in [-0.05, 0) is 20.8 Å². The number of esters is 1. The van der Waals surface area contributed by atoms with Gasteiger partial charge in [0, 0.05) is 20.1 Å². The Morgan fingerprint density at radius 1 is 1.33 bits per heavy atom. The van der Waals surface area contributed by atoms with Crippen molar-refractivity contribution in [1.29, 1.82) is 0 Å². The molecule has 0 fully saturated rings. The van der Waals surface area contributed by atoms with E-state index in [1.165, 1.54) is 21.0 Å². The summed E-state index contributed by atoms with van der Waals surface area (Å²) >= 11 is 0. The fourth-order valence-corrected chi connectivity index (χ4v) is 0.204. The molecular formula is C10H24O5. The first-order valence-electron chi connectivity index (χ1n) is 4.87. The minimum Gasteiger partial charge on any atom is -0.469 e. The second-order valence-corrected chi connectivity index (χ2v) is 2.51. The molecule has 1 unspecified atom stereocenters. The molecule has 0 spiro atoms. The zero-order chi connectivity index (χ0) is 12.7. The Bertz CT molecular complexity index is 112. The lowest BCUT2D eigenvalue weighted by Crippen LogP contribution is -2.03. The van der Waals surface area contributed by atoms with Crippen LogP contribution in [0.2, 0.25) is 0 Å². The molecule has 0 aliphatic heterocycles. The summed E-state index contributed by atoms with van der Waals surface area (Å²) in [5, 5.41) is 16.0. The average Bonchev–Trinajstić information content (AvgIpc) is 2.20. The topological polar surface area (TPSA) is 76.0 Å². The van der Waals surface area contributed by atoms with Gasteiger partial charge in [-0.3, -0.25) is 4.79 Å². The third kappa shape index (κ3) is 60.1. The summed E-state index contributed by atoms with van der Waals surface area (Å²) in [5.41, 5.74) is 0. The zero-order valence-electron chi connectivity index (χ0n) is 10.3. The second kappa shape index (κ2) is 19.0. The summed E-state index contributed by atoms with van der Waals surface area (Å²) in [6, 6.07) is 0. The van der Waals surface area contributed by atoms with E-state index >= 15 is 0 Å². The molecule has 0 bridgehead atoms.